The molecule has 0 aromatic heterocycles. The van der Waals surface area contributed by atoms with E-state index in [2.05, 4.69) is 19.2 Å². The average molecular weight is 279 g/mol. The summed E-state index contributed by atoms with van der Waals surface area (Å²) in [5, 5.41) is 3.52. The molecule has 0 aliphatic carbocycles. The lowest BCUT2D eigenvalue weighted by Crippen LogP contribution is -2.15. The predicted octanol–water partition coefficient (Wildman–Crippen LogP) is 4.86. The number of unbranched alkanes of at least 4 members (excludes halogenated alkanes) is 4. The van der Waals surface area contributed by atoms with E-state index < -0.39 is 0 Å². The zero-order chi connectivity index (χ0) is 14.8. The maximum absolute atomic E-state index is 5.39. The van der Waals surface area contributed by atoms with Crippen LogP contribution in [0.2, 0.25) is 0 Å². The van der Waals surface area contributed by atoms with Crippen LogP contribution in [0.3, 0.4) is 0 Å². The molecule has 0 aliphatic rings. The van der Waals surface area contributed by atoms with Crippen molar-refractivity contribution in [2.24, 2.45) is 0 Å². The molecule has 0 heterocycles. The first-order chi connectivity index (χ1) is 9.71. The van der Waals surface area contributed by atoms with Crippen LogP contribution < -0.4 is 14.8 Å². The van der Waals surface area contributed by atoms with E-state index in [1.54, 1.807) is 14.2 Å². The van der Waals surface area contributed by atoms with Gasteiger partial charge in [0.05, 0.1) is 19.9 Å². The maximum Gasteiger partial charge on any atom is 0.142 e. The van der Waals surface area contributed by atoms with E-state index in [9.17, 15) is 0 Å². The lowest BCUT2D eigenvalue weighted by molar-refractivity contribution is 0.404. The molecule has 1 unspecified atom stereocenters. The number of nitrogens with one attached hydrogen (secondary N) is 1. The fourth-order valence-corrected chi connectivity index (χ4v) is 2.32. The summed E-state index contributed by atoms with van der Waals surface area (Å²) < 4.78 is 10.7. The van der Waals surface area contributed by atoms with Gasteiger partial charge in [0.1, 0.15) is 11.5 Å². The zero-order valence-electron chi connectivity index (χ0n) is 13.4. The highest BCUT2D eigenvalue weighted by molar-refractivity contribution is 5.60. The molecular weight excluding hydrogens is 250 g/mol. The Balaban J connectivity index is 2.45. The monoisotopic (exact) mass is 279 g/mol. The van der Waals surface area contributed by atoms with Crippen molar-refractivity contribution in [1.82, 2.24) is 0 Å². The minimum Gasteiger partial charge on any atom is -0.497 e. The Bertz CT molecular complexity index is 379. The predicted molar refractivity (Wildman–Crippen MR) is 86.0 cm³/mol. The molecule has 20 heavy (non-hydrogen) atoms. The third-order valence-electron chi connectivity index (χ3n) is 3.55. The molecule has 0 aliphatic heterocycles. The fraction of sp³-hybridized carbons (Fsp3) is 0.647. The minimum atomic E-state index is 0.442. The highest BCUT2D eigenvalue weighted by atomic mass is 16.5. The lowest BCUT2D eigenvalue weighted by atomic mass is 10.1. The van der Waals surface area contributed by atoms with Crippen LogP contribution in [0.1, 0.15) is 52.4 Å². The summed E-state index contributed by atoms with van der Waals surface area (Å²) in [7, 11) is 3.38. The van der Waals surface area contributed by atoms with Gasteiger partial charge in [-0.1, -0.05) is 39.0 Å². The van der Waals surface area contributed by atoms with Crippen molar-refractivity contribution in [1.29, 1.82) is 0 Å². The highest BCUT2D eigenvalue weighted by Gasteiger charge is 2.08. The second-order valence-electron chi connectivity index (χ2n) is 5.31. The van der Waals surface area contributed by atoms with Crippen molar-refractivity contribution in [2.45, 2.75) is 58.4 Å². The Morgan fingerprint density at radius 1 is 1.05 bits per heavy atom. The van der Waals surface area contributed by atoms with Gasteiger partial charge in [-0.05, 0) is 25.5 Å². The van der Waals surface area contributed by atoms with Crippen molar-refractivity contribution in [3.8, 4) is 11.5 Å². The Kier molecular flexibility index (Phi) is 7.93. The van der Waals surface area contributed by atoms with Crippen molar-refractivity contribution < 1.29 is 9.47 Å². The number of hydrogen-bond acceptors (Lipinski definition) is 3. The van der Waals surface area contributed by atoms with Crippen LogP contribution in [0.25, 0.3) is 0 Å². The number of methoxy groups -OCH3 is 2. The number of anilines is 1. The van der Waals surface area contributed by atoms with Crippen LogP contribution in [0.5, 0.6) is 11.5 Å². The first-order valence-corrected chi connectivity index (χ1v) is 7.69. The van der Waals surface area contributed by atoms with Crippen LogP contribution in [0.15, 0.2) is 18.2 Å². The highest BCUT2D eigenvalue weighted by Crippen LogP contribution is 2.29. The average Bonchev–Trinajstić information content (AvgIpc) is 2.47. The van der Waals surface area contributed by atoms with E-state index in [0.717, 1.165) is 17.2 Å². The van der Waals surface area contributed by atoms with E-state index in [4.69, 9.17) is 9.47 Å². The standard InChI is InChI=1S/C17H29NO2/c1-5-6-7-8-9-10-14(2)18-16-13-15(19-3)11-12-17(16)20-4/h11-14,18H,5-10H2,1-4H3. The molecule has 1 aromatic carbocycles. The Morgan fingerprint density at radius 2 is 1.80 bits per heavy atom. The molecule has 1 N–H and O–H groups in total. The quantitative estimate of drug-likeness (QED) is 0.620. The third-order valence-corrected chi connectivity index (χ3v) is 3.55. The summed E-state index contributed by atoms with van der Waals surface area (Å²) in [6.45, 7) is 4.47. The molecule has 1 rings (SSSR count). The molecule has 3 nitrogen and oxygen atoms in total. The van der Waals surface area contributed by atoms with Gasteiger partial charge >= 0.3 is 0 Å². The first kappa shape index (κ1) is 16.7. The molecule has 0 saturated carbocycles. The van der Waals surface area contributed by atoms with E-state index in [0.29, 0.717) is 6.04 Å². The van der Waals surface area contributed by atoms with Crippen LogP contribution in [-0.2, 0) is 0 Å². The summed E-state index contributed by atoms with van der Waals surface area (Å²) in [5.41, 5.74) is 1.01. The second-order valence-corrected chi connectivity index (χ2v) is 5.31. The second kappa shape index (κ2) is 9.51. The van der Waals surface area contributed by atoms with Gasteiger partial charge in [0, 0.05) is 12.1 Å². The summed E-state index contributed by atoms with van der Waals surface area (Å²) in [5.74, 6) is 1.71. The smallest absolute Gasteiger partial charge is 0.142 e. The van der Waals surface area contributed by atoms with Gasteiger partial charge in [0.15, 0.2) is 0 Å². The van der Waals surface area contributed by atoms with Gasteiger partial charge in [-0.25, -0.2) is 0 Å². The summed E-state index contributed by atoms with van der Waals surface area (Å²) in [6, 6.07) is 6.29. The normalized spacial score (nSPS) is 12.0. The van der Waals surface area contributed by atoms with Gasteiger partial charge in [-0.15, -0.1) is 0 Å². The van der Waals surface area contributed by atoms with Gasteiger partial charge in [-0.3, -0.25) is 0 Å². The molecule has 0 radical (unpaired) electrons. The molecule has 0 spiro atoms. The van der Waals surface area contributed by atoms with Crippen molar-refractivity contribution in [3.63, 3.8) is 0 Å². The Hall–Kier alpha value is -1.38. The lowest BCUT2D eigenvalue weighted by Gasteiger charge is -2.18. The molecule has 0 amide bonds. The van der Waals surface area contributed by atoms with Crippen LogP contribution >= 0.6 is 0 Å². The van der Waals surface area contributed by atoms with Gasteiger partial charge in [0.25, 0.3) is 0 Å². The van der Waals surface area contributed by atoms with Crippen LogP contribution in [0, 0.1) is 0 Å². The topological polar surface area (TPSA) is 30.5 Å². The van der Waals surface area contributed by atoms with Gasteiger partial charge in [-0.2, -0.15) is 0 Å². The molecular formula is C17H29NO2. The van der Waals surface area contributed by atoms with Crippen molar-refractivity contribution in [2.75, 3.05) is 19.5 Å². The Labute approximate surface area is 123 Å². The third kappa shape index (κ3) is 5.72. The summed E-state index contributed by atoms with van der Waals surface area (Å²) >= 11 is 0. The largest absolute Gasteiger partial charge is 0.497 e. The van der Waals surface area contributed by atoms with Crippen LogP contribution in [-0.4, -0.2) is 20.3 Å². The van der Waals surface area contributed by atoms with Crippen molar-refractivity contribution in [3.05, 3.63) is 18.2 Å². The fourth-order valence-electron chi connectivity index (χ4n) is 2.32. The number of rotatable bonds is 10. The summed E-state index contributed by atoms with van der Waals surface area (Å²) in [4.78, 5) is 0. The number of ether oxygens (including phenoxy) is 2. The van der Waals surface area contributed by atoms with Crippen molar-refractivity contribution >= 4 is 5.69 Å². The molecule has 1 atom stereocenters. The minimum absolute atomic E-state index is 0.442. The Morgan fingerprint density at radius 3 is 2.45 bits per heavy atom. The maximum atomic E-state index is 5.39. The van der Waals surface area contributed by atoms with Gasteiger partial charge in [0.2, 0.25) is 0 Å². The molecule has 114 valence electrons. The molecule has 0 saturated heterocycles. The molecule has 0 fully saturated rings. The van der Waals surface area contributed by atoms with E-state index >= 15 is 0 Å². The molecule has 1 aromatic rings. The SMILES string of the molecule is CCCCCCCC(C)Nc1cc(OC)ccc1OC. The first-order valence-electron chi connectivity index (χ1n) is 7.69. The van der Waals surface area contributed by atoms with E-state index in [-0.39, 0.29) is 0 Å². The number of benzene rings is 1. The molecule has 3 heteroatoms. The molecule has 0 bridgehead atoms. The van der Waals surface area contributed by atoms with Gasteiger partial charge < -0.3 is 14.8 Å². The van der Waals surface area contributed by atoms with E-state index in [1.165, 1.54) is 38.5 Å². The number of hydrogen-bond donors (Lipinski definition) is 1. The summed E-state index contributed by atoms with van der Waals surface area (Å²) in [6.07, 6.45) is 7.80. The van der Waals surface area contributed by atoms with E-state index in [1.807, 2.05) is 18.2 Å². The van der Waals surface area contributed by atoms with Crippen LogP contribution in [0.4, 0.5) is 5.69 Å². The zero-order valence-corrected chi connectivity index (χ0v) is 13.4.